The zero-order chi connectivity index (χ0) is 28.4. The number of amides is 2. The van der Waals surface area contributed by atoms with Crippen LogP contribution in [0.2, 0.25) is 0 Å². The molecule has 1 atom stereocenters. The summed E-state index contributed by atoms with van der Waals surface area (Å²) in [6.45, 7) is -0.426. The van der Waals surface area contributed by atoms with E-state index in [4.69, 9.17) is 4.74 Å². The first-order valence-corrected chi connectivity index (χ1v) is 13.7. The molecular formula is C22H16FN5O9S2. The highest BCUT2D eigenvalue weighted by Gasteiger charge is 2.35. The lowest BCUT2D eigenvalue weighted by molar-refractivity contribution is -0.385. The zero-order valence-corrected chi connectivity index (χ0v) is 21.1. The van der Waals surface area contributed by atoms with Gasteiger partial charge in [0.05, 0.1) is 31.1 Å². The Labute approximate surface area is 219 Å². The molecular weight excluding hydrogens is 561 g/mol. The highest BCUT2D eigenvalue weighted by atomic mass is 32.3. The van der Waals surface area contributed by atoms with E-state index in [0.717, 1.165) is 77.1 Å². The summed E-state index contributed by atoms with van der Waals surface area (Å²) in [6.07, 6.45) is -1.04. The molecule has 0 radical (unpaired) electrons. The lowest BCUT2D eigenvalue weighted by atomic mass is 10.2. The zero-order valence-electron chi connectivity index (χ0n) is 19.4. The minimum Gasteiger partial charge on any atom is -0.447 e. The Morgan fingerprint density at radius 1 is 0.872 bits per heavy atom. The van der Waals surface area contributed by atoms with E-state index in [-0.39, 0.29) is 29.3 Å². The number of carbonyl (C=O) groups is 2. The first kappa shape index (κ1) is 27.3. The molecule has 202 valence electrons. The fraction of sp³-hybridized carbons (Fsp3) is 0.0909. The van der Waals surface area contributed by atoms with Gasteiger partial charge in [0.2, 0.25) is 0 Å². The normalized spacial score (nSPS) is 14.7. The second kappa shape index (κ2) is 10.5. The van der Waals surface area contributed by atoms with Crippen molar-refractivity contribution in [1.82, 2.24) is 4.31 Å². The van der Waals surface area contributed by atoms with Crippen molar-refractivity contribution in [2.24, 2.45) is 8.13 Å². The van der Waals surface area contributed by atoms with Crippen LogP contribution in [-0.2, 0) is 24.6 Å². The Balaban J connectivity index is 2.02. The number of cyclic esters (lactones) is 1. The van der Waals surface area contributed by atoms with Crippen LogP contribution in [-0.4, -0.2) is 47.7 Å². The molecule has 0 saturated carbocycles. The van der Waals surface area contributed by atoms with Crippen molar-refractivity contribution in [2.45, 2.75) is 9.79 Å². The van der Waals surface area contributed by atoms with Crippen LogP contribution in [0.1, 0.15) is 10.4 Å². The summed E-state index contributed by atoms with van der Waals surface area (Å²) in [5.74, 6) is -1.79. The van der Waals surface area contributed by atoms with Crippen molar-refractivity contribution in [3.63, 3.8) is 0 Å². The summed E-state index contributed by atoms with van der Waals surface area (Å²) in [5.41, 5.74) is -0.903. The van der Waals surface area contributed by atoms with Crippen LogP contribution in [0.25, 0.3) is 0 Å². The second-order valence-electron chi connectivity index (χ2n) is 7.69. The number of non-ortho nitro benzene ring substituents is 2. The SMILES string of the molecule is O=C(N=S(=NS(=O)(=O)c1ccc([N+](=O)[O-])cc1)(c1ccc(F)cc1)N1CCOC1=O)c1ccc([N+](=O)[O-])cc1. The smallest absolute Gasteiger partial charge is 0.421 e. The topological polar surface area (TPSA) is 192 Å². The number of nitrogens with zero attached hydrogens (tertiary/aromatic N) is 5. The molecule has 0 aromatic heterocycles. The quantitative estimate of drug-likeness (QED) is 0.293. The third-order valence-electron chi connectivity index (χ3n) is 5.24. The Morgan fingerprint density at radius 2 is 1.38 bits per heavy atom. The van der Waals surface area contributed by atoms with E-state index in [9.17, 15) is 42.6 Å². The number of nitro benzene ring substituents is 2. The van der Waals surface area contributed by atoms with E-state index in [0.29, 0.717) is 0 Å². The van der Waals surface area contributed by atoms with Gasteiger partial charge in [-0.05, 0) is 48.5 Å². The molecule has 1 unspecified atom stereocenters. The molecule has 3 aromatic carbocycles. The molecule has 17 heteroatoms. The van der Waals surface area contributed by atoms with Gasteiger partial charge in [0.1, 0.15) is 12.4 Å². The molecule has 3 aromatic rings. The van der Waals surface area contributed by atoms with Gasteiger partial charge >= 0.3 is 6.09 Å². The highest BCUT2D eigenvalue weighted by Crippen LogP contribution is 2.30. The molecule has 1 aliphatic heterocycles. The standard InChI is InChI=1S/C22H16FN5O9S2/c23-16-3-9-19(10-4-16)38(26-13-14-37-22(26)30,24-21(29)15-1-5-17(6-2-15)27(31)32)25-39(35,36)20-11-7-18(8-12-20)28(33)34/h1-12H,13-14H2. The average molecular weight is 578 g/mol. The van der Waals surface area contributed by atoms with Gasteiger partial charge in [0.25, 0.3) is 27.3 Å². The van der Waals surface area contributed by atoms with Crippen LogP contribution in [0, 0.1) is 26.0 Å². The van der Waals surface area contributed by atoms with Crippen molar-refractivity contribution in [2.75, 3.05) is 13.2 Å². The van der Waals surface area contributed by atoms with Crippen molar-refractivity contribution in [3.8, 4) is 0 Å². The number of carbonyl (C=O) groups excluding carboxylic acids is 2. The Bertz CT molecular complexity index is 1720. The molecule has 0 spiro atoms. The molecule has 0 N–H and O–H groups in total. The van der Waals surface area contributed by atoms with Crippen LogP contribution in [0.3, 0.4) is 0 Å². The molecule has 14 nitrogen and oxygen atoms in total. The Kier molecular flexibility index (Phi) is 7.37. The molecule has 2 amide bonds. The van der Waals surface area contributed by atoms with Crippen molar-refractivity contribution >= 4 is 43.2 Å². The third kappa shape index (κ3) is 5.58. The summed E-state index contributed by atoms with van der Waals surface area (Å²) in [5, 5.41) is 22.0. The minimum atomic E-state index is -4.76. The molecule has 1 heterocycles. The molecule has 0 aliphatic carbocycles. The van der Waals surface area contributed by atoms with E-state index in [1.165, 1.54) is 0 Å². The van der Waals surface area contributed by atoms with E-state index >= 15 is 0 Å². The fourth-order valence-corrected chi connectivity index (χ4v) is 7.97. The van der Waals surface area contributed by atoms with Gasteiger partial charge in [-0.3, -0.25) is 25.0 Å². The van der Waals surface area contributed by atoms with Crippen LogP contribution >= 0.6 is 0 Å². The summed E-state index contributed by atoms with van der Waals surface area (Å²) in [7, 11) is -8.65. The van der Waals surface area contributed by atoms with E-state index in [2.05, 4.69) is 8.13 Å². The molecule has 0 bridgehead atoms. The number of benzene rings is 3. The molecule has 1 fully saturated rings. The molecule has 39 heavy (non-hydrogen) atoms. The first-order valence-electron chi connectivity index (χ1n) is 10.7. The predicted octanol–water partition coefficient (Wildman–Crippen LogP) is 4.12. The monoisotopic (exact) mass is 577 g/mol. The fourth-order valence-electron chi connectivity index (χ4n) is 3.37. The third-order valence-corrected chi connectivity index (χ3v) is 10.00. The summed E-state index contributed by atoms with van der Waals surface area (Å²) in [6, 6.07) is 12.1. The Morgan fingerprint density at radius 3 is 1.87 bits per heavy atom. The van der Waals surface area contributed by atoms with Gasteiger partial charge in [0, 0.05) is 34.7 Å². The van der Waals surface area contributed by atoms with Crippen molar-refractivity contribution in [3.05, 3.63) is 104 Å². The number of halogens is 1. The lowest BCUT2D eigenvalue weighted by Crippen LogP contribution is -2.33. The summed E-state index contributed by atoms with van der Waals surface area (Å²) in [4.78, 5) is 45.9. The van der Waals surface area contributed by atoms with Crippen LogP contribution in [0.15, 0.2) is 90.7 Å². The van der Waals surface area contributed by atoms with Crippen LogP contribution in [0.5, 0.6) is 0 Å². The predicted molar refractivity (Wildman–Crippen MR) is 133 cm³/mol. The summed E-state index contributed by atoms with van der Waals surface area (Å²) < 4.78 is 54.5. The Hall–Kier alpha value is -4.77. The molecule has 1 saturated heterocycles. The van der Waals surface area contributed by atoms with Crippen molar-refractivity contribution in [1.29, 1.82) is 0 Å². The maximum Gasteiger partial charge on any atom is 0.421 e. The van der Waals surface area contributed by atoms with E-state index < -0.39 is 58.1 Å². The van der Waals surface area contributed by atoms with E-state index in [1.54, 1.807) is 0 Å². The van der Waals surface area contributed by atoms with Gasteiger partial charge in [-0.2, -0.15) is 12.8 Å². The lowest BCUT2D eigenvalue weighted by Gasteiger charge is -2.24. The molecule has 1 aliphatic rings. The number of ether oxygens (including phenoxy) is 1. The molecule has 4 rings (SSSR count). The number of hydrogen-bond donors (Lipinski definition) is 0. The first-order chi connectivity index (χ1) is 18.4. The number of rotatable bonds is 7. The highest BCUT2D eigenvalue weighted by molar-refractivity contribution is 8.03. The van der Waals surface area contributed by atoms with E-state index in [1.807, 2.05) is 0 Å². The maximum atomic E-state index is 13.8. The van der Waals surface area contributed by atoms with Gasteiger partial charge < -0.3 is 4.74 Å². The summed E-state index contributed by atoms with van der Waals surface area (Å²) >= 11 is 0. The number of nitro groups is 2. The average Bonchev–Trinajstić information content (AvgIpc) is 3.35. The number of hydrogen-bond acceptors (Lipinski definition) is 9. The largest absolute Gasteiger partial charge is 0.447 e. The van der Waals surface area contributed by atoms with Gasteiger partial charge in [-0.25, -0.2) is 13.5 Å². The van der Waals surface area contributed by atoms with Crippen molar-refractivity contribution < 1.29 is 37.0 Å². The van der Waals surface area contributed by atoms with Gasteiger partial charge in [-0.1, -0.05) is 0 Å². The number of sulfonamides is 1. The van der Waals surface area contributed by atoms with Crippen LogP contribution < -0.4 is 0 Å². The van der Waals surface area contributed by atoms with Gasteiger partial charge in [0.15, 0.2) is 0 Å². The van der Waals surface area contributed by atoms with Gasteiger partial charge in [-0.15, -0.1) is 3.77 Å². The maximum absolute atomic E-state index is 13.8. The second-order valence-corrected chi connectivity index (χ2v) is 11.8. The minimum absolute atomic E-state index is 0.122. The van der Waals surface area contributed by atoms with Crippen LogP contribution in [0.4, 0.5) is 20.6 Å².